The van der Waals surface area contributed by atoms with E-state index in [4.69, 9.17) is 0 Å². The molecule has 0 amide bonds. The molecule has 0 aliphatic carbocycles. The molecule has 0 unspecified atom stereocenters. The van der Waals surface area contributed by atoms with Crippen LogP contribution in [0.4, 0.5) is 4.39 Å². The van der Waals surface area contributed by atoms with Crippen molar-refractivity contribution in [1.29, 1.82) is 0 Å². The van der Waals surface area contributed by atoms with Crippen LogP contribution in [0.3, 0.4) is 0 Å². The van der Waals surface area contributed by atoms with Crippen molar-refractivity contribution >= 4 is 6.08 Å². The van der Waals surface area contributed by atoms with Gasteiger partial charge in [-0.05, 0) is 31.6 Å². The van der Waals surface area contributed by atoms with Crippen LogP contribution in [0.5, 0.6) is 0 Å². The first kappa shape index (κ1) is 7.92. The Bertz CT molecular complexity index is 292. The second-order valence-electron chi connectivity index (χ2n) is 2.48. The summed E-state index contributed by atoms with van der Waals surface area (Å²) in [7, 11) is 0. The summed E-state index contributed by atoms with van der Waals surface area (Å²) in [4.78, 5) is 3.96. The highest BCUT2D eigenvalue weighted by molar-refractivity contribution is 5.44. The van der Waals surface area contributed by atoms with Crippen molar-refractivity contribution in [1.82, 2.24) is 4.98 Å². The number of nitrogens with zero attached hydrogens (tertiary/aromatic N) is 1. The van der Waals surface area contributed by atoms with E-state index in [1.807, 2.05) is 6.92 Å². The van der Waals surface area contributed by atoms with Crippen LogP contribution in [0, 0.1) is 19.7 Å². The molecule has 0 saturated heterocycles. The predicted octanol–water partition coefficient (Wildman–Crippen LogP) is 2.48. The summed E-state index contributed by atoms with van der Waals surface area (Å²) in [5, 5.41) is 0. The summed E-state index contributed by atoms with van der Waals surface area (Å²) in [6, 6.07) is 1.71. The first-order chi connectivity index (χ1) is 5.15. The summed E-state index contributed by atoms with van der Waals surface area (Å²) < 4.78 is 13.0. The molecule has 0 spiro atoms. The van der Waals surface area contributed by atoms with Gasteiger partial charge in [0.05, 0.1) is 5.69 Å². The highest BCUT2D eigenvalue weighted by atomic mass is 19.1. The monoisotopic (exact) mass is 151 g/mol. The fourth-order valence-corrected chi connectivity index (χ4v) is 0.985. The Labute approximate surface area is 65.6 Å². The van der Waals surface area contributed by atoms with Crippen LogP contribution in [0.25, 0.3) is 6.08 Å². The SMILES string of the molecule is C=Cc1nc(C)cc(C)c1F. The lowest BCUT2D eigenvalue weighted by Crippen LogP contribution is -1.94. The normalized spacial score (nSPS) is 9.73. The molecular weight excluding hydrogens is 141 g/mol. The Morgan fingerprint density at radius 3 is 2.73 bits per heavy atom. The molecule has 1 aromatic heterocycles. The molecule has 2 heteroatoms. The first-order valence-corrected chi connectivity index (χ1v) is 3.41. The number of rotatable bonds is 1. The number of hydrogen-bond acceptors (Lipinski definition) is 1. The van der Waals surface area contributed by atoms with Gasteiger partial charge in [0, 0.05) is 5.69 Å². The molecule has 1 rings (SSSR count). The molecule has 0 saturated carbocycles. The highest BCUT2D eigenvalue weighted by Crippen LogP contribution is 2.11. The van der Waals surface area contributed by atoms with Crippen molar-refractivity contribution < 1.29 is 4.39 Å². The third-order valence-corrected chi connectivity index (χ3v) is 1.49. The van der Waals surface area contributed by atoms with Crippen molar-refractivity contribution in [3.05, 3.63) is 35.4 Å². The first-order valence-electron chi connectivity index (χ1n) is 3.41. The van der Waals surface area contributed by atoms with E-state index < -0.39 is 0 Å². The minimum absolute atomic E-state index is 0.273. The van der Waals surface area contributed by atoms with E-state index in [1.54, 1.807) is 13.0 Å². The van der Waals surface area contributed by atoms with E-state index in [2.05, 4.69) is 11.6 Å². The van der Waals surface area contributed by atoms with Gasteiger partial charge in [0.25, 0.3) is 0 Å². The van der Waals surface area contributed by atoms with Gasteiger partial charge < -0.3 is 0 Å². The molecule has 1 aromatic rings. The Morgan fingerprint density at radius 1 is 1.55 bits per heavy atom. The average Bonchev–Trinajstić information content (AvgIpc) is 1.96. The Morgan fingerprint density at radius 2 is 2.18 bits per heavy atom. The summed E-state index contributed by atoms with van der Waals surface area (Å²) in [6.45, 7) is 7.02. The van der Waals surface area contributed by atoms with Gasteiger partial charge in [-0.15, -0.1) is 0 Å². The molecule has 1 heterocycles. The van der Waals surface area contributed by atoms with Gasteiger partial charge in [0.2, 0.25) is 0 Å². The van der Waals surface area contributed by atoms with Gasteiger partial charge in [-0.2, -0.15) is 0 Å². The molecule has 0 radical (unpaired) electrons. The zero-order valence-electron chi connectivity index (χ0n) is 6.69. The van der Waals surface area contributed by atoms with Crippen molar-refractivity contribution in [3.63, 3.8) is 0 Å². The lowest BCUT2D eigenvalue weighted by Gasteiger charge is -2.01. The van der Waals surface area contributed by atoms with E-state index in [0.29, 0.717) is 11.3 Å². The maximum absolute atomic E-state index is 13.0. The molecular formula is C9H10FN. The minimum atomic E-state index is -0.273. The summed E-state index contributed by atoms with van der Waals surface area (Å²) >= 11 is 0. The molecule has 0 bridgehead atoms. The lowest BCUT2D eigenvalue weighted by molar-refractivity contribution is 0.607. The van der Waals surface area contributed by atoms with Gasteiger partial charge in [0.1, 0.15) is 0 Å². The van der Waals surface area contributed by atoms with E-state index in [0.717, 1.165) is 5.69 Å². The number of hydrogen-bond donors (Lipinski definition) is 0. The van der Waals surface area contributed by atoms with Crippen LogP contribution in [-0.2, 0) is 0 Å². The van der Waals surface area contributed by atoms with Gasteiger partial charge in [-0.3, -0.25) is 4.98 Å². The molecule has 1 nitrogen and oxygen atoms in total. The molecule has 0 atom stereocenters. The summed E-state index contributed by atoms with van der Waals surface area (Å²) in [5.41, 5.74) is 1.77. The lowest BCUT2D eigenvalue weighted by atomic mass is 10.2. The maximum Gasteiger partial charge on any atom is 0.151 e. The quantitative estimate of drug-likeness (QED) is 0.600. The number of aryl methyl sites for hydroxylation is 2. The predicted molar refractivity (Wildman–Crippen MR) is 43.8 cm³/mol. The third kappa shape index (κ3) is 1.45. The maximum atomic E-state index is 13.0. The van der Waals surface area contributed by atoms with Gasteiger partial charge in [0.15, 0.2) is 5.82 Å². The molecule has 58 valence electrons. The van der Waals surface area contributed by atoms with Crippen LogP contribution >= 0.6 is 0 Å². The largest absolute Gasteiger partial charge is 0.251 e. The van der Waals surface area contributed by atoms with Crippen LogP contribution in [-0.4, -0.2) is 4.98 Å². The Balaban J connectivity index is 3.35. The minimum Gasteiger partial charge on any atom is -0.251 e. The standard InChI is InChI=1S/C9H10FN/c1-4-8-9(10)6(2)5-7(3)11-8/h4-5H,1H2,2-3H3. The number of halogens is 1. The van der Waals surface area contributed by atoms with Gasteiger partial charge >= 0.3 is 0 Å². The smallest absolute Gasteiger partial charge is 0.151 e. The van der Waals surface area contributed by atoms with Crippen LogP contribution < -0.4 is 0 Å². The Kier molecular flexibility index (Phi) is 2.03. The van der Waals surface area contributed by atoms with Gasteiger partial charge in [-0.1, -0.05) is 6.58 Å². The van der Waals surface area contributed by atoms with Crippen molar-refractivity contribution in [2.75, 3.05) is 0 Å². The fraction of sp³-hybridized carbons (Fsp3) is 0.222. The van der Waals surface area contributed by atoms with E-state index >= 15 is 0 Å². The second-order valence-corrected chi connectivity index (χ2v) is 2.48. The van der Waals surface area contributed by atoms with Crippen molar-refractivity contribution in [2.45, 2.75) is 13.8 Å². The number of aromatic nitrogens is 1. The highest BCUT2D eigenvalue weighted by Gasteiger charge is 2.03. The summed E-state index contributed by atoms with van der Waals surface area (Å²) in [5.74, 6) is -0.273. The average molecular weight is 151 g/mol. The Hall–Kier alpha value is -1.18. The van der Waals surface area contributed by atoms with Crippen molar-refractivity contribution in [3.8, 4) is 0 Å². The van der Waals surface area contributed by atoms with Gasteiger partial charge in [-0.25, -0.2) is 4.39 Å². The van der Waals surface area contributed by atoms with Crippen LogP contribution in [0.2, 0.25) is 0 Å². The molecule has 11 heavy (non-hydrogen) atoms. The van der Waals surface area contributed by atoms with E-state index in [1.165, 1.54) is 6.08 Å². The molecule has 0 aromatic carbocycles. The summed E-state index contributed by atoms with van der Waals surface area (Å²) in [6.07, 6.45) is 1.43. The molecule has 0 fully saturated rings. The third-order valence-electron chi connectivity index (χ3n) is 1.49. The van der Waals surface area contributed by atoms with Crippen molar-refractivity contribution in [2.24, 2.45) is 0 Å². The number of pyridine rings is 1. The van der Waals surface area contributed by atoms with Crippen LogP contribution in [0.15, 0.2) is 12.6 Å². The topological polar surface area (TPSA) is 12.9 Å². The zero-order valence-corrected chi connectivity index (χ0v) is 6.69. The van der Waals surface area contributed by atoms with E-state index in [9.17, 15) is 4.39 Å². The fourth-order valence-electron chi connectivity index (χ4n) is 0.985. The van der Waals surface area contributed by atoms with E-state index in [-0.39, 0.29) is 5.82 Å². The molecule has 0 aliphatic rings. The zero-order chi connectivity index (χ0) is 8.43. The van der Waals surface area contributed by atoms with Crippen LogP contribution in [0.1, 0.15) is 17.0 Å². The second kappa shape index (κ2) is 2.82. The molecule has 0 aliphatic heterocycles. The molecule has 0 N–H and O–H groups in total.